The maximum absolute atomic E-state index is 11.6. The summed E-state index contributed by atoms with van der Waals surface area (Å²) in [6, 6.07) is 1.58. The highest BCUT2D eigenvalue weighted by Crippen LogP contribution is 2.29. The van der Waals surface area contributed by atoms with Gasteiger partial charge in [0.2, 0.25) is 0 Å². The topological polar surface area (TPSA) is 73.8 Å². The molecule has 0 heterocycles. The predicted octanol–water partition coefficient (Wildman–Crippen LogP) is 1.98. The minimum Gasteiger partial charge on any atom is -0.329 e. The molecule has 4 amide bonds. The van der Waals surface area contributed by atoms with Crippen molar-refractivity contribution in [3.8, 4) is 12.0 Å². The lowest BCUT2D eigenvalue weighted by Crippen LogP contribution is -2.37. The fourth-order valence-corrected chi connectivity index (χ4v) is 2.85. The Bertz CT molecular complexity index is 445. The maximum atomic E-state index is 11.6. The van der Waals surface area contributed by atoms with Crippen molar-refractivity contribution < 1.29 is 9.59 Å². The fraction of sp³-hybridized carbons (Fsp3) is 0.615. The summed E-state index contributed by atoms with van der Waals surface area (Å²) in [6.07, 6.45) is 4.52. The average Bonchev–Trinajstić information content (AvgIpc) is 2.88. The van der Waals surface area contributed by atoms with Crippen LogP contribution in [-0.4, -0.2) is 41.5 Å². The molecule has 1 aliphatic carbocycles. The van der Waals surface area contributed by atoms with Crippen LogP contribution in [-0.2, 0) is 0 Å². The second kappa shape index (κ2) is 8.48. The zero-order valence-electron chi connectivity index (χ0n) is 12.0. The number of carbonyl (C=O) groups is 2. The van der Waals surface area contributed by atoms with Crippen molar-refractivity contribution in [2.45, 2.75) is 37.9 Å². The summed E-state index contributed by atoms with van der Waals surface area (Å²) in [7, 11) is 3.23. The van der Waals surface area contributed by atoms with E-state index in [0.29, 0.717) is 10.4 Å². The molecule has 1 fully saturated rings. The third kappa shape index (κ3) is 5.97. The van der Waals surface area contributed by atoms with Gasteiger partial charge in [0.25, 0.3) is 0 Å². The Balaban J connectivity index is 2.68. The van der Waals surface area contributed by atoms with Crippen molar-refractivity contribution in [1.82, 2.24) is 15.5 Å². The van der Waals surface area contributed by atoms with E-state index in [2.05, 4.69) is 27.6 Å². The molecule has 0 aromatic carbocycles. The molecule has 0 bridgehead atoms. The van der Waals surface area contributed by atoms with Gasteiger partial charge in [0.15, 0.2) is 5.17 Å². The zero-order chi connectivity index (χ0) is 15.0. The number of hydrogen-bond acceptors (Lipinski definition) is 3. The number of hydrogen-bond donors (Lipinski definition) is 2. The van der Waals surface area contributed by atoms with Gasteiger partial charge in [-0.15, -0.1) is 0 Å². The van der Waals surface area contributed by atoms with Crippen molar-refractivity contribution in [1.29, 1.82) is 0 Å². The summed E-state index contributed by atoms with van der Waals surface area (Å²) in [5.74, 6) is 2.56. The number of nitrogens with one attached hydrogen (secondary N) is 2. The quantitative estimate of drug-likeness (QED) is 0.336. The minimum absolute atomic E-state index is 0.325. The Labute approximate surface area is 123 Å². The monoisotopic (exact) mass is 296 g/mol. The van der Waals surface area contributed by atoms with Gasteiger partial charge in [-0.25, -0.2) is 9.59 Å². The van der Waals surface area contributed by atoms with E-state index in [4.69, 9.17) is 0 Å². The SMILES string of the molecule is CC#CNC(=O)NC(=NC(=O)N(C)C)SC1CCCC1. The summed E-state index contributed by atoms with van der Waals surface area (Å²) in [5, 5.41) is 5.67. The number of rotatable bonds is 1. The van der Waals surface area contributed by atoms with Crippen molar-refractivity contribution >= 4 is 29.0 Å². The first-order valence-electron chi connectivity index (χ1n) is 6.48. The van der Waals surface area contributed by atoms with Crippen LogP contribution in [0.3, 0.4) is 0 Å². The van der Waals surface area contributed by atoms with Gasteiger partial charge in [0, 0.05) is 25.4 Å². The van der Waals surface area contributed by atoms with Gasteiger partial charge in [-0.3, -0.25) is 10.6 Å². The normalized spacial score (nSPS) is 15.2. The molecule has 0 aromatic rings. The molecule has 0 unspecified atom stereocenters. The molecule has 2 N–H and O–H groups in total. The molecule has 20 heavy (non-hydrogen) atoms. The molecule has 0 spiro atoms. The van der Waals surface area contributed by atoms with Crippen molar-refractivity contribution in [2.75, 3.05) is 14.1 Å². The van der Waals surface area contributed by atoms with Gasteiger partial charge < -0.3 is 4.90 Å². The van der Waals surface area contributed by atoms with Gasteiger partial charge in [-0.1, -0.05) is 30.5 Å². The molecular formula is C13H20N4O2S. The molecule has 0 aromatic heterocycles. The predicted molar refractivity (Wildman–Crippen MR) is 81.5 cm³/mol. The van der Waals surface area contributed by atoms with E-state index in [1.54, 1.807) is 21.0 Å². The first-order valence-corrected chi connectivity index (χ1v) is 7.36. The van der Waals surface area contributed by atoms with Crippen molar-refractivity contribution in [3.05, 3.63) is 0 Å². The Hall–Kier alpha value is -1.68. The van der Waals surface area contributed by atoms with Crippen LogP contribution in [0.25, 0.3) is 0 Å². The number of amides is 4. The van der Waals surface area contributed by atoms with Crippen LogP contribution in [0.5, 0.6) is 0 Å². The summed E-state index contributed by atoms with van der Waals surface area (Å²) in [5.41, 5.74) is 0. The van der Waals surface area contributed by atoms with Crippen LogP contribution in [0.2, 0.25) is 0 Å². The highest BCUT2D eigenvalue weighted by Gasteiger charge is 2.20. The zero-order valence-corrected chi connectivity index (χ0v) is 12.8. The molecule has 0 saturated heterocycles. The van der Waals surface area contributed by atoms with Gasteiger partial charge in [0.05, 0.1) is 0 Å². The smallest absolute Gasteiger partial charge is 0.329 e. The summed E-state index contributed by atoms with van der Waals surface area (Å²) in [6.45, 7) is 1.62. The number of urea groups is 2. The fourth-order valence-electron chi connectivity index (χ4n) is 1.68. The molecule has 7 heteroatoms. The summed E-state index contributed by atoms with van der Waals surface area (Å²) in [4.78, 5) is 28.5. The molecule has 6 nitrogen and oxygen atoms in total. The first kappa shape index (κ1) is 16.4. The maximum Gasteiger partial charge on any atom is 0.345 e. The molecule has 1 rings (SSSR count). The van der Waals surface area contributed by atoms with Gasteiger partial charge >= 0.3 is 12.1 Å². The Morgan fingerprint density at radius 1 is 1.30 bits per heavy atom. The second-order valence-electron chi connectivity index (χ2n) is 4.57. The second-order valence-corrected chi connectivity index (χ2v) is 5.86. The lowest BCUT2D eigenvalue weighted by molar-refractivity contribution is 0.227. The number of aliphatic imine (C=N–C) groups is 1. The molecule has 110 valence electrons. The van der Waals surface area contributed by atoms with Crippen molar-refractivity contribution in [2.24, 2.45) is 4.99 Å². The van der Waals surface area contributed by atoms with Crippen LogP contribution in [0.1, 0.15) is 32.6 Å². The molecule has 1 saturated carbocycles. The van der Waals surface area contributed by atoms with Crippen LogP contribution < -0.4 is 10.6 Å². The first-order chi connectivity index (χ1) is 9.52. The van der Waals surface area contributed by atoms with Crippen LogP contribution in [0.4, 0.5) is 9.59 Å². The van der Waals surface area contributed by atoms with E-state index in [0.717, 1.165) is 12.8 Å². The lowest BCUT2D eigenvalue weighted by atomic mass is 10.4. The lowest BCUT2D eigenvalue weighted by Gasteiger charge is -2.13. The summed E-state index contributed by atoms with van der Waals surface area (Å²) >= 11 is 1.44. The Kier molecular flexibility index (Phi) is 6.94. The Morgan fingerprint density at radius 3 is 2.50 bits per heavy atom. The molecule has 0 radical (unpaired) electrons. The van der Waals surface area contributed by atoms with E-state index in [1.165, 1.54) is 29.5 Å². The van der Waals surface area contributed by atoms with Gasteiger partial charge in [0.1, 0.15) is 0 Å². The molecule has 0 aliphatic heterocycles. The highest BCUT2D eigenvalue weighted by molar-refractivity contribution is 8.14. The van der Waals surface area contributed by atoms with Crippen LogP contribution in [0, 0.1) is 12.0 Å². The largest absolute Gasteiger partial charge is 0.345 e. The van der Waals surface area contributed by atoms with Crippen molar-refractivity contribution in [3.63, 3.8) is 0 Å². The van der Waals surface area contributed by atoms with E-state index >= 15 is 0 Å². The van der Waals surface area contributed by atoms with E-state index in [-0.39, 0.29) is 0 Å². The Morgan fingerprint density at radius 2 is 1.95 bits per heavy atom. The van der Waals surface area contributed by atoms with E-state index in [1.807, 2.05) is 0 Å². The number of carbonyl (C=O) groups excluding carboxylic acids is 2. The minimum atomic E-state index is -0.477. The third-order valence-corrected chi connectivity index (χ3v) is 3.90. The number of amidine groups is 1. The average molecular weight is 296 g/mol. The summed E-state index contributed by atoms with van der Waals surface area (Å²) < 4.78 is 0. The molecular weight excluding hydrogens is 276 g/mol. The van der Waals surface area contributed by atoms with Gasteiger partial charge in [-0.05, 0) is 19.8 Å². The number of thioether (sulfide) groups is 1. The highest BCUT2D eigenvalue weighted by atomic mass is 32.2. The molecule has 0 atom stereocenters. The molecule has 1 aliphatic rings. The third-order valence-electron chi connectivity index (χ3n) is 2.68. The van der Waals surface area contributed by atoms with Crippen LogP contribution in [0.15, 0.2) is 4.99 Å². The number of nitrogens with zero attached hydrogens (tertiary/aromatic N) is 2. The van der Waals surface area contributed by atoms with Gasteiger partial charge in [-0.2, -0.15) is 4.99 Å². The van der Waals surface area contributed by atoms with E-state index < -0.39 is 12.1 Å². The van der Waals surface area contributed by atoms with E-state index in [9.17, 15) is 9.59 Å². The standard InChI is InChI=1S/C13H20N4O2S/c1-4-9-14-11(18)15-12(16-13(19)17(2)3)20-10-7-5-6-8-10/h10H,5-8H2,1-3H3,(H2,14,15,16,18,19). The van der Waals surface area contributed by atoms with Crippen LogP contribution >= 0.6 is 11.8 Å².